The molecule has 1 N–H and O–H groups in total. The first-order valence-electron chi connectivity index (χ1n) is 11.7. The van der Waals surface area contributed by atoms with Gasteiger partial charge in [0.1, 0.15) is 5.69 Å². The molecule has 0 saturated carbocycles. The van der Waals surface area contributed by atoms with Crippen molar-refractivity contribution in [2.75, 3.05) is 59.0 Å². The molecule has 3 amide bonds. The van der Waals surface area contributed by atoms with Crippen molar-refractivity contribution in [3.8, 4) is 0 Å². The van der Waals surface area contributed by atoms with E-state index in [1.807, 2.05) is 29.2 Å². The Kier molecular flexibility index (Phi) is 6.88. The number of amides is 3. The Morgan fingerprint density at radius 3 is 2.12 bits per heavy atom. The van der Waals surface area contributed by atoms with Crippen LogP contribution in [-0.2, 0) is 4.74 Å². The molecule has 33 heavy (non-hydrogen) atoms. The minimum absolute atomic E-state index is 0.0319. The monoisotopic (exact) mass is 455 g/mol. The number of hydrogen-bond donors (Lipinski definition) is 1. The van der Waals surface area contributed by atoms with Gasteiger partial charge in [0.2, 0.25) is 0 Å². The topological polar surface area (TPSA) is 89.2 Å². The van der Waals surface area contributed by atoms with Gasteiger partial charge in [0, 0.05) is 74.9 Å². The number of nitrogens with one attached hydrogen (secondary N) is 1. The fourth-order valence-electron chi connectivity index (χ4n) is 4.48. The highest BCUT2D eigenvalue weighted by atomic mass is 16.6. The summed E-state index contributed by atoms with van der Waals surface area (Å²) >= 11 is 0. The third kappa shape index (κ3) is 4.98. The van der Waals surface area contributed by atoms with Crippen molar-refractivity contribution in [3.05, 3.63) is 35.5 Å². The van der Waals surface area contributed by atoms with Crippen LogP contribution in [0, 0.1) is 0 Å². The van der Waals surface area contributed by atoms with Crippen LogP contribution in [0.5, 0.6) is 0 Å². The van der Waals surface area contributed by atoms with Gasteiger partial charge in [-0.2, -0.15) is 0 Å². The highest BCUT2D eigenvalue weighted by molar-refractivity contribution is 6.01. The molecule has 0 atom stereocenters. The number of ether oxygens (including phenoxy) is 1. The number of hydrogen-bond acceptors (Lipinski definition) is 5. The summed E-state index contributed by atoms with van der Waals surface area (Å²) in [5.41, 5.74) is 1.95. The summed E-state index contributed by atoms with van der Waals surface area (Å²) in [4.78, 5) is 48.7. The SMILES string of the molecule is CCOC(=O)N1CCN(C(=O)c2cc3cc(C(=O)N4CCN(C(C)C)CC4)ccc3[nH]2)CC1. The number of carbonyl (C=O) groups excluding carboxylic acids is 3. The molecule has 0 aliphatic carbocycles. The van der Waals surface area contributed by atoms with Crippen LogP contribution in [0.25, 0.3) is 10.9 Å². The smallest absolute Gasteiger partial charge is 0.409 e. The molecule has 0 unspecified atom stereocenters. The van der Waals surface area contributed by atoms with Crippen LogP contribution in [0.4, 0.5) is 4.79 Å². The molecule has 1 aromatic heterocycles. The van der Waals surface area contributed by atoms with Crippen molar-refractivity contribution >= 4 is 28.8 Å². The van der Waals surface area contributed by atoms with Crippen LogP contribution < -0.4 is 0 Å². The Bertz CT molecular complexity index is 1020. The van der Waals surface area contributed by atoms with Crippen molar-refractivity contribution in [1.29, 1.82) is 0 Å². The summed E-state index contributed by atoms with van der Waals surface area (Å²) in [6.45, 7) is 11.5. The summed E-state index contributed by atoms with van der Waals surface area (Å²) < 4.78 is 5.04. The molecule has 0 spiro atoms. The number of aromatic nitrogens is 1. The Hall–Kier alpha value is -3.07. The molecule has 178 valence electrons. The zero-order chi connectivity index (χ0) is 23.5. The first kappa shape index (κ1) is 23.1. The van der Waals surface area contributed by atoms with Gasteiger partial charge >= 0.3 is 6.09 Å². The van der Waals surface area contributed by atoms with Gasteiger partial charge in [0.15, 0.2) is 0 Å². The molecule has 9 nitrogen and oxygen atoms in total. The van der Waals surface area contributed by atoms with Gasteiger partial charge in [-0.05, 0) is 45.0 Å². The van der Waals surface area contributed by atoms with E-state index in [1.54, 1.807) is 16.7 Å². The number of piperazine rings is 2. The molecule has 2 aliphatic heterocycles. The van der Waals surface area contributed by atoms with E-state index >= 15 is 0 Å². The Balaban J connectivity index is 1.40. The number of benzene rings is 1. The predicted molar refractivity (Wildman–Crippen MR) is 125 cm³/mol. The minimum atomic E-state index is -0.335. The van der Waals surface area contributed by atoms with Crippen molar-refractivity contribution in [2.45, 2.75) is 26.8 Å². The molecule has 0 bridgehead atoms. The maximum atomic E-state index is 13.0. The predicted octanol–water partition coefficient (Wildman–Crippen LogP) is 2.25. The zero-order valence-electron chi connectivity index (χ0n) is 19.7. The molecule has 2 saturated heterocycles. The average molecular weight is 456 g/mol. The fourth-order valence-corrected chi connectivity index (χ4v) is 4.48. The van der Waals surface area contributed by atoms with Crippen molar-refractivity contribution in [1.82, 2.24) is 24.6 Å². The fraction of sp³-hybridized carbons (Fsp3) is 0.542. The lowest BCUT2D eigenvalue weighted by Gasteiger charge is -2.37. The third-order valence-corrected chi connectivity index (χ3v) is 6.52. The molecule has 4 rings (SSSR count). The van der Waals surface area contributed by atoms with Gasteiger partial charge in [-0.25, -0.2) is 4.79 Å². The van der Waals surface area contributed by atoms with Crippen LogP contribution in [0.2, 0.25) is 0 Å². The van der Waals surface area contributed by atoms with E-state index in [1.165, 1.54) is 0 Å². The molecule has 2 fully saturated rings. The normalized spacial score (nSPS) is 17.6. The highest BCUT2D eigenvalue weighted by Crippen LogP contribution is 2.21. The zero-order valence-corrected chi connectivity index (χ0v) is 19.7. The van der Waals surface area contributed by atoms with E-state index in [9.17, 15) is 14.4 Å². The summed E-state index contributed by atoms with van der Waals surface area (Å²) in [6, 6.07) is 7.84. The quantitative estimate of drug-likeness (QED) is 0.764. The maximum absolute atomic E-state index is 13.0. The molecule has 2 aromatic rings. The summed E-state index contributed by atoms with van der Waals surface area (Å²) in [6.07, 6.45) is -0.335. The van der Waals surface area contributed by atoms with Crippen LogP contribution in [0.3, 0.4) is 0 Å². The Morgan fingerprint density at radius 1 is 0.879 bits per heavy atom. The first-order valence-corrected chi connectivity index (χ1v) is 11.7. The van der Waals surface area contributed by atoms with E-state index in [0.717, 1.165) is 37.1 Å². The number of aromatic amines is 1. The minimum Gasteiger partial charge on any atom is -0.450 e. The van der Waals surface area contributed by atoms with E-state index in [4.69, 9.17) is 4.74 Å². The Morgan fingerprint density at radius 2 is 1.48 bits per heavy atom. The maximum Gasteiger partial charge on any atom is 0.409 e. The van der Waals surface area contributed by atoms with E-state index in [-0.39, 0.29) is 17.9 Å². The standard InChI is InChI=1S/C24H33N5O4/c1-4-33-24(32)29-13-11-28(12-14-29)23(31)21-16-19-15-18(5-6-20(19)25-21)22(30)27-9-7-26(8-10-27)17(2)3/h5-6,15-17,25H,4,7-14H2,1-3H3. The highest BCUT2D eigenvalue weighted by Gasteiger charge is 2.27. The van der Waals surface area contributed by atoms with E-state index < -0.39 is 0 Å². The van der Waals surface area contributed by atoms with Crippen molar-refractivity contribution in [2.24, 2.45) is 0 Å². The summed E-state index contributed by atoms with van der Waals surface area (Å²) in [5.74, 6) is -0.0723. The average Bonchev–Trinajstić information content (AvgIpc) is 3.27. The molecule has 3 heterocycles. The lowest BCUT2D eigenvalue weighted by atomic mass is 10.1. The van der Waals surface area contributed by atoms with Gasteiger partial charge in [-0.15, -0.1) is 0 Å². The summed E-state index contributed by atoms with van der Waals surface area (Å²) in [7, 11) is 0. The van der Waals surface area contributed by atoms with Gasteiger partial charge in [-0.3, -0.25) is 14.5 Å². The van der Waals surface area contributed by atoms with Gasteiger partial charge < -0.3 is 24.4 Å². The first-order chi connectivity index (χ1) is 15.9. The molecular formula is C24H33N5O4. The van der Waals surface area contributed by atoms with Crippen LogP contribution >= 0.6 is 0 Å². The van der Waals surface area contributed by atoms with E-state index in [2.05, 4.69) is 23.7 Å². The Labute approximate surface area is 194 Å². The van der Waals surface area contributed by atoms with Gasteiger partial charge in [-0.1, -0.05) is 0 Å². The number of carbonyl (C=O) groups is 3. The number of rotatable bonds is 4. The molecular weight excluding hydrogens is 422 g/mol. The number of H-pyrrole nitrogens is 1. The number of fused-ring (bicyclic) bond motifs is 1. The molecule has 0 radical (unpaired) electrons. The lowest BCUT2D eigenvalue weighted by molar-refractivity contribution is 0.0566. The van der Waals surface area contributed by atoms with Crippen molar-refractivity contribution < 1.29 is 19.1 Å². The van der Waals surface area contributed by atoms with Crippen LogP contribution in [0.15, 0.2) is 24.3 Å². The second-order valence-corrected chi connectivity index (χ2v) is 8.89. The largest absolute Gasteiger partial charge is 0.450 e. The van der Waals surface area contributed by atoms with E-state index in [0.29, 0.717) is 50.1 Å². The van der Waals surface area contributed by atoms with Crippen LogP contribution in [0.1, 0.15) is 41.6 Å². The van der Waals surface area contributed by atoms with Gasteiger partial charge in [0.25, 0.3) is 11.8 Å². The molecule has 2 aliphatic rings. The second kappa shape index (κ2) is 9.82. The number of nitrogens with zero attached hydrogens (tertiary/aromatic N) is 4. The van der Waals surface area contributed by atoms with Crippen LogP contribution in [-0.4, -0.2) is 107 Å². The third-order valence-electron chi connectivity index (χ3n) is 6.52. The summed E-state index contributed by atoms with van der Waals surface area (Å²) in [5, 5.41) is 0.843. The lowest BCUT2D eigenvalue weighted by Crippen LogP contribution is -2.50. The van der Waals surface area contributed by atoms with Gasteiger partial charge in [0.05, 0.1) is 6.61 Å². The van der Waals surface area contributed by atoms with Crippen molar-refractivity contribution in [3.63, 3.8) is 0 Å². The molecule has 9 heteroatoms. The second-order valence-electron chi connectivity index (χ2n) is 8.89. The molecule has 1 aromatic carbocycles.